The highest BCUT2D eigenvalue weighted by Gasteiger charge is 2.19. The predicted molar refractivity (Wildman–Crippen MR) is 192 cm³/mol. The quantitative estimate of drug-likeness (QED) is 0.196. The van der Waals surface area contributed by atoms with E-state index >= 15 is 0 Å². The average Bonchev–Trinajstić information content (AvgIpc) is 3.59. The molecule has 0 aliphatic rings. The van der Waals surface area contributed by atoms with Crippen molar-refractivity contribution in [3.05, 3.63) is 164 Å². The van der Waals surface area contributed by atoms with Crippen LogP contribution in [0, 0.1) is 0 Å². The molecule has 0 aliphatic heterocycles. The topological polar surface area (TPSA) is 51.8 Å². The summed E-state index contributed by atoms with van der Waals surface area (Å²) >= 11 is 0. The number of hydrogen-bond donors (Lipinski definition) is 0. The summed E-state index contributed by atoms with van der Waals surface area (Å²) in [7, 11) is 0. The number of rotatable bonds is 5. The van der Waals surface area contributed by atoms with Crippen molar-refractivity contribution in [2.45, 2.75) is 0 Å². The van der Waals surface area contributed by atoms with Gasteiger partial charge in [0.2, 0.25) is 0 Å². The molecule has 0 unspecified atom stereocenters. The molecule has 47 heavy (non-hydrogen) atoms. The Bertz CT molecular complexity index is 2820. The summed E-state index contributed by atoms with van der Waals surface area (Å²) in [5.74, 6) is 1.48. The van der Waals surface area contributed by atoms with Gasteiger partial charge in [-0.05, 0) is 33.5 Å². The molecule has 0 atom stereocenters. The summed E-state index contributed by atoms with van der Waals surface area (Å²) in [5, 5.41) is 3.81. The Morgan fingerprint density at radius 2 is 1.02 bits per heavy atom. The average molecular weight is 607 g/mol. The van der Waals surface area contributed by atoms with E-state index in [-0.39, 0.29) is 17.6 Å². The Balaban J connectivity index is 1.23. The molecule has 0 fully saturated rings. The summed E-state index contributed by atoms with van der Waals surface area (Å²) in [6.45, 7) is 0. The van der Waals surface area contributed by atoms with Gasteiger partial charge in [0.1, 0.15) is 11.2 Å². The van der Waals surface area contributed by atoms with E-state index < -0.39 is 18.1 Å². The summed E-state index contributed by atoms with van der Waals surface area (Å²) < 4.78 is 48.3. The Morgan fingerprint density at radius 3 is 1.85 bits per heavy atom. The van der Waals surface area contributed by atoms with Crippen LogP contribution in [0.15, 0.2) is 168 Å². The summed E-state index contributed by atoms with van der Waals surface area (Å²) in [6.07, 6.45) is 0. The number of nitrogens with zero attached hydrogens (tertiary/aromatic N) is 3. The van der Waals surface area contributed by atoms with E-state index in [1.807, 2.05) is 72.8 Å². The number of benzene rings is 7. The van der Waals surface area contributed by atoms with Crippen LogP contribution in [0.3, 0.4) is 0 Å². The standard InChI is InChI=1S/C43H27N3O/c1-3-12-29(13-4-1)35-20-10-21-36-39-37(22-11-23-38(39)47-40(35)36)43-45-41(31-15-5-2-6-16-31)44-42(46-43)32-26-24-30(25-27-32)34-19-9-17-28-14-7-8-18-33(28)34/h1-27H/i1D,3D,4D,12D,13D. The lowest BCUT2D eigenvalue weighted by Crippen LogP contribution is -2.00. The summed E-state index contributed by atoms with van der Waals surface area (Å²) in [5.41, 5.74) is 6.06. The molecule has 2 heterocycles. The predicted octanol–water partition coefficient (Wildman–Crippen LogP) is 11.3. The van der Waals surface area contributed by atoms with Crippen LogP contribution < -0.4 is 0 Å². The normalized spacial score (nSPS) is 12.9. The molecule has 0 saturated heterocycles. The molecule has 0 radical (unpaired) electrons. The number of aromatic nitrogens is 3. The second-order valence-electron chi connectivity index (χ2n) is 11.2. The summed E-state index contributed by atoms with van der Waals surface area (Å²) in [6, 6.07) is 41.9. The fourth-order valence-electron chi connectivity index (χ4n) is 6.23. The van der Waals surface area contributed by atoms with Crippen molar-refractivity contribution in [2.24, 2.45) is 0 Å². The van der Waals surface area contributed by atoms with Gasteiger partial charge in [0.15, 0.2) is 17.5 Å². The Hall–Kier alpha value is -6.39. The van der Waals surface area contributed by atoms with E-state index in [0.717, 1.165) is 27.6 Å². The monoisotopic (exact) mass is 606 g/mol. The molecule has 2 aromatic heterocycles. The Morgan fingerprint density at radius 1 is 0.426 bits per heavy atom. The molecular weight excluding hydrogens is 574 g/mol. The van der Waals surface area contributed by atoms with Crippen LogP contribution >= 0.6 is 0 Å². The fourth-order valence-corrected chi connectivity index (χ4v) is 6.23. The molecule has 0 spiro atoms. The van der Waals surface area contributed by atoms with E-state index in [9.17, 15) is 0 Å². The molecule has 9 rings (SSSR count). The minimum absolute atomic E-state index is 0.0814. The highest BCUT2D eigenvalue weighted by atomic mass is 16.3. The third kappa shape index (κ3) is 4.75. The van der Waals surface area contributed by atoms with Crippen LogP contribution in [-0.4, -0.2) is 15.0 Å². The van der Waals surface area contributed by atoms with Gasteiger partial charge in [-0.25, -0.2) is 15.0 Å². The van der Waals surface area contributed by atoms with Gasteiger partial charge in [-0.15, -0.1) is 0 Å². The maximum absolute atomic E-state index is 8.63. The minimum Gasteiger partial charge on any atom is -0.455 e. The highest BCUT2D eigenvalue weighted by molar-refractivity contribution is 6.15. The van der Waals surface area contributed by atoms with Crippen molar-refractivity contribution < 1.29 is 11.3 Å². The van der Waals surface area contributed by atoms with Gasteiger partial charge in [-0.2, -0.15) is 0 Å². The maximum atomic E-state index is 8.63. The van der Waals surface area contributed by atoms with Crippen LogP contribution in [0.1, 0.15) is 6.85 Å². The van der Waals surface area contributed by atoms with Crippen molar-refractivity contribution in [1.29, 1.82) is 0 Å². The van der Waals surface area contributed by atoms with Gasteiger partial charge >= 0.3 is 0 Å². The van der Waals surface area contributed by atoms with E-state index in [4.69, 9.17) is 26.2 Å². The lowest BCUT2D eigenvalue weighted by molar-refractivity contribution is 0.670. The van der Waals surface area contributed by atoms with Crippen molar-refractivity contribution in [3.63, 3.8) is 0 Å². The molecule has 0 amide bonds. The third-order valence-electron chi connectivity index (χ3n) is 8.44. The van der Waals surface area contributed by atoms with Gasteiger partial charge in [0, 0.05) is 33.0 Å². The molecule has 9 aromatic rings. The summed E-state index contributed by atoms with van der Waals surface area (Å²) in [4.78, 5) is 15.0. The fraction of sp³-hybridized carbons (Fsp3) is 0. The maximum Gasteiger partial charge on any atom is 0.164 e. The van der Waals surface area contributed by atoms with E-state index in [1.165, 1.54) is 10.8 Å². The first-order chi connectivity index (χ1) is 25.4. The molecule has 0 N–H and O–H groups in total. The molecule has 7 aromatic carbocycles. The second kappa shape index (κ2) is 11.2. The number of para-hydroxylation sites is 1. The first-order valence-corrected chi connectivity index (χ1v) is 15.3. The number of furan rings is 1. The van der Waals surface area contributed by atoms with Gasteiger partial charge in [-0.1, -0.05) is 158 Å². The molecule has 220 valence electrons. The lowest BCUT2D eigenvalue weighted by atomic mass is 9.97. The number of fused-ring (bicyclic) bond motifs is 4. The smallest absolute Gasteiger partial charge is 0.164 e. The van der Waals surface area contributed by atoms with Gasteiger partial charge < -0.3 is 4.42 Å². The SMILES string of the molecule is [2H]c1c([2H])c([2H])c(-c2cccc3c2oc2cccc(-c4nc(-c5ccccc5)nc(-c5ccc(-c6cccc7ccccc67)cc5)n4)c23)c([2H])c1[2H]. The lowest BCUT2D eigenvalue weighted by Gasteiger charge is -2.10. The molecule has 0 bridgehead atoms. The van der Waals surface area contributed by atoms with Crippen LogP contribution in [0.25, 0.3) is 89.1 Å². The zero-order chi connectivity index (χ0) is 35.5. The van der Waals surface area contributed by atoms with Crippen LogP contribution in [0.4, 0.5) is 0 Å². The van der Waals surface area contributed by atoms with Gasteiger partial charge in [0.25, 0.3) is 0 Å². The zero-order valence-electron chi connectivity index (χ0n) is 30.0. The second-order valence-corrected chi connectivity index (χ2v) is 11.2. The van der Waals surface area contributed by atoms with Crippen molar-refractivity contribution in [2.75, 3.05) is 0 Å². The van der Waals surface area contributed by atoms with E-state index in [2.05, 4.69) is 48.5 Å². The van der Waals surface area contributed by atoms with Crippen LogP contribution in [-0.2, 0) is 0 Å². The van der Waals surface area contributed by atoms with Crippen molar-refractivity contribution in [3.8, 4) is 56.4 Å². The molecule has 4 nitrogen and oxygen atoms in total. The Kier molecular flexibility index (Phi) is 5.28. The van der Waals surface area contributed by atoms with Crippen molar-refractivity contribution >= 4 is 32.7 Å². The highest BCUT2D eigenvalue weighted by Crippen LogP contribution is 2.40. The number of hydrogen-bond acceptors (Lipinski definition) is 4. The van der Waals surface area contributed by atoms with Gasteiger partial charge in [0.05, 0.1) is 6.85 Å². The minimum atomic E-state index is -0.444. The van der Waals surface area contributed by atoms with Crippen LogP contribution in [0.2, 0.25) is 0 Å². The molecular formula is C43H27N3O. The van der Waals surface area contributed by atoms with E-state index in [0.29, 0.717) is 45.2 Å². The Labute approximate surface area is 278 Å². The van der Waals surface area contributed by atoms with E-state index in [1.54, 1.807) is 12.1 Å². The van der Waals surface area contributed by atoms with Crippen molar-refractivity contribution in [1.82, 2.24) is 15.0 Å². The largest absolute Gasteiger partial charge is 0.455 e. The molecule has 0 saturated carbocycles. The van der Waals surface area contributed by atoms with Crippen LogP contribution in [0.5, 0.6) is 0 Å². The first-order valence-electron chi connectivity index (χ1n) is 17.8. The first kappa shape index (κ1) is 22.2. The zero-order valence-corrected chi connectivity index (χ0v) is 25.0. The third-order valence-corrected chi connectivity index (χ3v) is 8.44. The molecule has 4 heteroatoms. The molecule has 0 aliphatic carbocycles. The van der Waals surface area contributed by atoms with Gasteiger partial charge in [-0.3, -0.25) is 0 Å².